The Balaban J connectivity index is 1.92. The number of phenolic OH excluding ortho intramolecular Hbond substituents is 1. The molecule has 1 aliphatic rings. The fourth-order valence-electron chi connectivity index (χ4n) is 2.79. The molecular formula is C19H19ClN2O3. The lowest BCUT2D eigenvalue weighted by Gasteiger charge is -2.19. The molecule has 25 heavy (non-hydrogen) atoms. The van der Waals surface area contributed by atoms with E-state index in [4.69, 9.17) is 16.3 Å². The van der Waals surface area contributed by atoms with E-state index < -0.39 is 0 Å². The molecule has 3 rings (SSSR count). The SMILES string of the molecule is C=CCCC(=O)N1CCOc2c(O)cc(-c3ccc(Cl)cn3)cc2C1. The topological polar surface area (TPSA) is 62.7 Å². The van der Waals surface area contributed by atoms with Gasteiger partial charge in [-0.25, -0.2) is 0 Å². The fraction of sp³-hybridized carbons (Fsp3) is 0.263. The number of ether oxygens (including phenoxy) is 1. The Morgan fingerprint density at radius 2 is 2.28 bits per heavy atom. The van der Waals surface area contributed by atoms with Crippen LogP contribution >= 0.6 is 11.6 Å². The summed E-state index contributed by atoms with van der Waals surface area (Å²) in [5.41, 5.74) is 2.20. The molecular weight excluding hydrogens is 340 g/mol. The van der Waals surface area contributed by atoms with Gasteiger partial charge < -0.3 is 14.7 Å². The van der Waals surface area contributed by atoms with Crippen molar-refractivity contribution in [3.05, 3.63) is 53.7 Å². The molecule has 1 aromatic heterocycles. The quantitative estimate of drug-likeness (QED) is 0.844. The van der Waals surface area contributed by atoms with Crippen LogP contribution in [0.5, 0.6) is 11.5 Å². The minimum atomic E-state index is 0.0460. The molecule has 0 unspecified atom stereocenters. The number of nitrogens with zero attached hydrogens (tertiary/aromatic N) is 2. The van der Waals surface area contributed by atoms with Gasteiger partial charge in [-0.05, 0) is 30.7 Å². The van der Waals surface area contributed by atoms with Crippen LogP contribution in [0.3, 0.4) is 0 Å². The van der Waals surface area contributed by atoms with E-state index >= 15 is 0 Å². The third-order valence-electron chi connectivity index (χ3n) is 4.05. The number of rotatable bonds is 4. The first-order chi connectivity index (χ1) is 12.1. The number of amides is 1. The summed E-state index contributed by atoms with van der Waals surface area (Å²) >= 11 is 5.88. The minimum absolute atomic E-state index is 0.0460. The maximum Gasteiger partial charge on any atom is 0.223 e. The summed E-state index contributed by atoms with van der Waals surface area (Å²) in [7, 11) is 0. The second kappa shape index (κ2) is 7.57. The maximum atomic E-state index is 12.3. The number of phenols is 1. The Morgan fingerprint density at radius 1 is 1.44 bits per heavy atom. The Bertz CT molecular complexity index is 790. The van der Waals surface area contributed by atoms with Gasteiger partial charge in [0.2, 0.25) is 5.91 Å². The predicted molar refractivity (Wildman–Crippen MR) is 96.7 cm³/mol. The first-order valence-corrected chi connectivity index (χ1v) is 8.45. The number of pyridine rings is 1. The Hall–Kier alpha value is -2.53. The van der Waals surface area contributed by atoms with Crippen molar-refractivity contribution in [3.63, 3.8) is 0 Å². The van der Waals surface area contributed by atoms with Crippen LogP contribution in [-0.4, -0.2) is 34.0 Å². The first kappa shape index (κ1) is 17.3. The van der Waals surface area contributed by atoms with Gasteiger partial charge in [-0.1, -0.05) is 17.7 Å². The number of halogens is 1. The van der Waals surface area contributed by atoms with Crippen LogP contribution in [0.2, 0.25) is 5.02 Å². The van der Waals surface area contributed by atoms with Gasteiger partial charge in [0.1, 0.15) is 6.61 Å². The molecule has 5 nitrogen and oxygen atoms in total. The molecule has 0 aliphatic carbocycles. The van der Waals surface area contributed by atoms with E-state index in [1.54, 1.807) is 35.4 Å². The lowest BCUT2D eigenvalue weighted by Crippen LogP contribution is -2.32. The predicted octanol–water partition coefficient (Wildman–Crippen LogP) is 3.79. The molecule has 0 fully saturated rings. The molecule has 0 spiro atoms. The van der Waals surface area contributed by atoms with Crippen molar-refractivity contribution >= 4 is 17.5 Å². The van der Waals surface area contributed by atoms with Crippen LogP contribution in [0, 0.1) is 0 Å². The first-order valence-electron chi connectivity index (χ1n) is 8.08. The van der Waals surface area contributed by atoms with Crippen molar-refractivity contribution < 1.29 is 14.6 Å². The maximum absolute atomic E-state index is 12.3. The second-order valence-electron chi connectivity index (χ2n) is 5.84. The molecule has 130 valence electrons. The van der Waals surface area contributed by atoms with Gasteiger partial charge in [0.05, 0.1) is 17.3 Å². The van der Waals surface area contributed by atoms with E-state index in [1.165, 1.54) is 0 Å². The summed E-state index contributed by atoms with van der Waals surface area (Å²) in [4.78, 5) is 18.4. The number of fused-ring (bicyclic) bond motifs is 1. The van der Waals surface area contributed by atoms with Gasteiger partial charge in [0.15, 0.2) is 11.5 Å². The van der Waals surface area contributed by atoms with Crippen LogP contribution in [0.25, 0.3) is 11.3 Å². The minimum Gasteiger partial charge on any atom is -0.504 e. The van der Waals surface area contributed by atoms with E-state index in [9.17, 15) is 9.90 Å². The Kier molecular flexibility index (Phi) is 5.24. The summed E-state index contributed by atoms with van der Waals surface area (Å²) in [6.07, 6.45) is 4.35. The lowest BCUT2D eigenvalue weighted by atomic mass is 10.0. The molecule has 1 aromatic carbocycles. The molecule has 0 saturated carbocycles. The third kappa shape index (κ3) is 3.94. The fourth-order valence-corrected chi connectivity index (χ4v) is 2.90. The zero-order chi connectivity index (χ0) is 17.8. The van der Waals surface area contributed by atoms with E-state index in [0.29, 0.717) is 49.0 Å². The zero-order valence-corrected chi connectivity index (χ0v) is 14.5. The van der Waals surface area contributed by atoms with Crippen LogP contribution in [0.4, 0.5) is 0 Å². The van der Waals surface area contributed by atoms with Crippen molar-refractivity contribution in [2.45, 2.75) is 19.4 Å². The molecule has 0 bridgehead atoms. The molecule has 0 atom stereocenters. The number of benzene rings is 1. The van der Waals surface area contributed by atoms with Crippen molar-refractivity contribution in [1.82, 2.24) is 9.88 Å². The summed E-state index contributed by atoms with van der Waals surface area (Å²) in [6.45, 7) is 4.87. The highest BCUT2D eigenvalue weighted by Crippen LogP contribution is 2.37. The van der Waals surface area contributed by atoms with Gasteiger partial charge in [0, 0.05) is 30.3 Å². The van der Waals surface area contributed by atoms with Crippen molar-refractivity contribution in [2.75, 3.05) is 13.2 Å². The number of hydrogen-bond donors (Lipinski definition) is 1. The highest BCUT2D eigenvalue weighted by atomic mass is 35.5. The summed E-state index contributed by atoms with van der Waals surface area (Å²) in [5, 5.41) is 10.9. The number of carbonyl (C=O) groups is 1. The van der Waals surface area contributed by atoms with E-state index in [0.717, 1.165) is 11.1 Å². The summed E-state index contributed by atoms with van der Waals surface area (Å²) in [6, 6.07) is 7.04. The van der Waals surface area contributed by atoms with E-state index in [1.807, 2.05) is 6.07 Å². The van der Waals surface area contributed by atoms with Gasteiger partial charge >= 0.3 is 0 Å². The number of aromatic hydroxyl groups is 1. The van der Waals surface area contributed by atoms with Crippen LogP contribution in [-0.2, 0) is 11.3 Å². The monoisotopic (exact) mass is 358 g/mol. The molecule has 6 heteroatoms. The number of hydrogen-bond acceptors (Lipinski definition) is 4. The number of allylic oxidation sites excluding steroid dienone is 1. The summed E-state index contributed by atoms with van der Waals surface area (Å²) < 4.78 is 5.67. The molecule has 0 radical (unpaired) electrons. The number of carbonyl (C=O) groups excluding carboxylic acids is 1. The van der Waals surface area contributed by atoms with Gasteiger partial charge in [-0.3, -0.25) is 9.78 Å². The Morgan fingerprint density at radius 3 is 3.00 bits per heavy atom. The van der Waals surface area contributed by atoms with Gasteiger partial charge in [-0.2, -0.15) is 0 Å². The average molecular weight is 359 g/mol. The lowest BCUT2D eigenvalue weighted by molar-refractivity contribution is -0.131. The molecule has 2 heterocycles. The smallest absolute Gasteiger partial charge is 0.223 e. The normalized spacial score (nSPS) is 13.6. The number of aromatic nitrogens is 1. The van der Waals surface area contributed by atoms with Crippen LogP contribution in [0.1, 0.15) is 18.4 Å². The highest BCUT2D eigenvalue weighted by molar-refractivity contribution is 6.30. The Labute approximate surface area is 151 Å². The second-order valence-corrected chi connectivity index (χ2v) is 6.27. The molecule has 1 N–H and O–H groups in total. The molecule has 2 aromatic rings. The van der Waals surface area contributed by atoms with Gasteiger partial charge in [0.25, 0.3) is 0 Å². The van der Waals surface area contributed by atoms with Crippen LogP contribution in [0.15, 0.2) is 43.1 Å². The highest BCUT2D eigenvalue weighted by Gasteiger charge is 2.22. The standard InChI is InChI=1S/C19H19ClN2O3/c1-2-3-4-18(24)22-7-8-25-19-14(12-22)9-13(10-17(19)23)16-6-5-15(20)11-21-16/h2,5-6,9-11,23H,1,3-4,7-8,12H2. The molecule has 0 saturated heterocycles. The van der Waals surface area contributed by atoms with Crippen molar-refractivity contribution in [2.24, 2.45) is 0 Å². The molecule has 1 amide bonds. The van der Waals surface area contributed by atoms with Gasteiger partial charge in [-0.15, -0.1) is 6.58 Å². The average Bonchev–Trinajstić information content (AvgIpc) is 2.83. The van der Waals surface area contributed by atoms with Crippen LogP contribution < -0.4 is 4.74 Å². The zero-order valence-electron chi connectivity index (χ0n) is 13.7. The third-order valence-corrected chi connectivity index (χ3v) is 4.28. The van der Waals surface area contributed by atoms with Crippen molar-refractivity contribution in [3.8, 4) is 22.8 Å². The van der Waals surface area contributed by atoms with E-state index in [2.05, 4.69) is 11.6 Å². The summed E-state index contributed by atoms with van der Waals surface area (Å²) in [5.74, 6) is 0.521. The van der Waals surface area contributed by atoms with E-state index in [-0.39, 0.29) is 11.7 Å². The largest absolute Gasteiger partial charge is 0.504 e. The van der Waals surface area contributed by atoms with Crippen molar-refractivity contribution in [1.29, 1.82) is 0 Å². The molecule has 1 aliphatic heterocycles.